The number of hydrogen-bond donors (Lipinski definition) is 2. The van der Waals surface area contributed by atoms with Crippen molar-refractivity contribution in [3.8, 4) is 0 Å². The number of nitrogens with one attached hydrogen (secondary N) is 2. The minimum absolute atomic E-state index is 0.0466. The number of H-pyrrole nitrogens is 2. The smallest absolute Gasteiger partial charge is 0.255 e. The second kappa shape index (κ2) is 4.37. The SMILES string of the molecule is CCCCc1c(C)[nH]c(=S)[nH]c1=O. The average molecular weight is 198 g/mol. The van der Waals surface area contributed by atoms with E-state index in [4.69, 9.17) is 12.2 Å². The minimum Gasteiger partial charge on any atom is -0.336 e. The summed E-state index contributed by atoms with van der Waals surface area (Å²) in [4.78, 5) is 17.0. The molecule has 0 saturated carbocycles. The van der Waals surface area contributed by atoms with Crippen LogP contribution >= 0.6 is 12.2 Å². The number of rotatable bonds is 3. The third-order valence-electron chi connectivity index (χ3n) is 2.04. The summed E-state index contributed by atoms with van der Waals surface area (Å²) in [7, 11) is 0. The van der Waals surface area contributed by atoms with Crippen LogP contribution in [-0.4, -0.2) is 9.97 Å². The Balaban J connectivity index is 3.07. The van der Waals surface area contributed by atoms with Crippen LogP contribution in [0.5, 0.6) is 0 Å². The number of hydrogen-bond acceptors (Lipinski definition) is 2. The Morgan fingerprint density at radius 2 is 2.08 bits per heavy atom. The molecule has 0 atom stereocenters. The van der Waals surface area contributed by atoms with Gasteiger partial charge < -0.3 is 4.98 Å². The first-order valence-electron chi connectivity index (χ1n) is 4.47. The zero-order valence-corrected chi connectivity index (χ0v) is 8.75. The Labute approximate surface area is 82.2 Å². The number of aromatic amines is 2. The first-order valence-corrected chi connectivity index (χ1v) is 4.88. The van der Waals surface area contributed by atoms with E-state index in [0.717, 1.165) is 30.5 Å². The maximum atomic E-state index is 11.4. The van der Waals surface area contributed by atoms with Crippen LogP contribution in [0.3, 0.4) is 0 Å². The Hall–Kier alpha value is -0.900. The van der Waals surface area contributed by atoms with Crippen LogP contribution in [0, 0.1) is 11.7 Å². The van der Waals surface area contributed by atoms with Crippen LogP contribution < -0.4 is 5.56 Å². The van der Waals surface area contributed by atoms with Gasteiger partial charge in [-0.05, 0) is 32.0 Å². The number of aryl methyl sites for hydroxylation is 1. The molecule has 0 radical (unpaired) electrons. The van der Waals surface area contributed by atoms with Crippen molar-refractivity contribution >= 4 is 12.2 Å². The molecule has 3 nitrogen and oxygen atoms in total. The van der Waals surface area contributed by atoms with E-state index in [9.17, 15) is 4.79 Å². The molecular formula is C9H14N2OS. The fourth-order valence-electron chi connectivity index (χ4n) is 1.28. The highest BCUT2D eigenvalue weighted by atomic mass is 32.1. The van der Waals surface area contributed by atoms with Gasteiger partial charge in [0, 0.05) is 11.3 Å². The lowest BCUT2D eigenvalue weighted by Gasteiger charge is -2.02. The van der Waals surface area contributed by atoms with Crippen LogP contribution in [0.25, 0.3) is 0 Å². The first-order chi connectivity index (χ1) is 6.15. The molecule has 0 bridgehead atoms. The van der Waals surface area contributed by atoms with Crippen LogP contribution in [0.2, 0.25) is 0 Å². The molecule has 0 unspecified atom stereocenters. The van der Waals surface area contributed by atoms with E-state index >= 15 is 0 Å². The summed E-state index contributed by atoms with van der Waals surface area (Å²) in [6.07, 6.45) is 2.95. The standard InChI is InChI=1S/C9H14N2OS/c1-3-4-5-7-6(2)10-9(13)11-8(7)12/h3-5H2,1-2H3,(H2,10,11,12,13). The Morgan fingerprint density at radius 3 is 2.62 bits per heavy atom. The van der Waals surface area contributed by atoms with Gasteiger partial charge in [0.15, 0.2) is 4.77 Å². The Morgan fingerprint density at radius 1 is 1.38 bits per heavy atom. The van der Waals surface area contributed by atoms with E-state index in [1.54, 1.807) is 0 Å². The van der Waals surface area contributed by atoms with E-state index in [1.165, 1.54) is 0 Å². The van der Waals surface area contributed by atoms with Gasteiger partial charge in [-0.3, -0.25) is 9.78 Å². The third-order valence-corrected chi connectivity index (χ3v) is 2.24. The van der Waals surface area contributed by atoms with Crippen molar-refractivity contribution in [3.63, 3.8) is 0 Å². The monoisotopic (exact) mass is 198 g/mol. The molecule has 0 aliphatic rings. The highest BCUT2D eigenvalue weighted by Crippen LogP contribution is 2.02. The molecule has 2 N–H and O–H groups in total. The number of unbranched alkanes of at least 4 members (excludes halogenated alkanes) is 1. The average Bonchev–Trinajstić information content (AvgIpc) is 2.02. The lowest BCUT2D eigenvalue weighted by molar-refractivity contribution is 0.772. The molecule has 13 heavy (non-hydrogen) atoms. The lowest BCUT2D eigenvalue weighted by Crippen LogP contribution is -2.16. The molecule has 4 heteroatoms. The molecule has 0 amide bonds. The van der Waals surface area contributed by atoms with E-state index in [2.05, 4.69) is 16.9 Å². The third kappa shape index (κ3) is 2.52. The van der Waals surface area contributed by atoms with Gasteiger partial charge in [-0.1, -0.05) is 13.3 Å². The maximum Gasteiger partial charge on any atom is 0.255 e. The van der Waals surface area contributed by atoms with Gasteiger partial charge >= 0.3 is 0 Å². The van der Waals surface area contributed by atoms with Crippen LogP contribution in [-0.2, 0) is 6.42 Å². The van der Waals surface area contributed by atoms with Crippen molar-refractivity contribution in [2.24, 2.45) is 0 Å². The highest BCUT2D eigenvalue weighted by Gasteiger charge is 2.02. The predicted molar refractivity (Wildman–Crippen MR) is 55.6 cm³/mol. The molecule has 1 aromatic rings. The van der Waals surface area contributed by atoms with Crippen LogP contribution in [0.1, 0.15) is 31.0 Å². The first kappa shape index (κ1) is 10.2. The van der Waals surface area contributed by atoms with Gasteiger partial charge in [0.05, 0.1) is 0 Å². The second-order valence-corrected chi connectivity index (χ2v) is 3.52. The molecule has 72 valence electrons. The fourth-order valence-corrected chi connectivity index (χ4v) is 1.53. The van der Waals surface area contributed by atoms with Crippen molar-refractivity contribution in [3.05, 3.63) is 26.4 Å². The van der Waals surface area contributed by atoms with Crippen molar-refractivity contribution in [2.75, 3.05) is 0 Å². The Kier molecular flexibility index (Phi) is 3.42. The summed E-state index contributed by atoms with van der Waals surface area (Å²) in [5, 5.41) is 0. The topological polar surface area (TPSA) is 48.6 Å². The van der Waals surface area contributed by atoms with E-state index in [-0.39, 0.29) is 5.56 Å². The van der Waals surface area contributed by atoms with Gasteiger partial charge in [0.2, 0.25) is 0 Å². The molecule has 0 aliphatic carbocycles. The van der Waals surface area contributed by atoms with Gasteiger partial charge in [0.25, 0.3) is 5.56 Å². The molecule has 0 aliphatic heterocycles. The van der Waals surface area contributed by atoms with Crippen molar-refractivity contribution < 1.29 is 0 Å². The molecule has 1 heterocycles. The largest absolute Gasteiger partial charge is 0.336 e. The summed E-state index contributed by atoms with van der Waals surface area (Å²) in [5.41, 5.74) is 1.67. The molecular weight excluding hydrogens is 184 g/mol. The van der Waals surface area contributed by atoms with Crippen LogP contribution in [0.15, 0.2) is 4.79 Å². The van der Waals surface area contributed by atoms with E-state index in [1.807, 2.05) is 6.92 Å². The van der Waals surface area contributed by atoms with Gasteiger partial charge in [-0.15, -0.1) is 0 Å². The molecule has 0 fully saturated rings. The zero-order valence-electron chi connectivity index (χ0n) is 7.94. The lowest BCUT2D eigenvalue weighted by atomic mass is 10.1. The van der Waals surface area contributed by atoms with E-state index in [0.29, 0.717) is 4.77 Å². The quantitative estimate of drug-likeness (QED) is 0.730. The van der Waals surface area contributed by atoms with Crippen LogP contribution in [0.4, 0.5) is 0 Å². The minimum atomic E-state index is -0.0466. The van der Waals surface area contributed by atoms with Crippen molar-refractivity contribution in [1.29, 1.82) is 0 Å². The summed E-state index contributed by atoms with van der Waals surface area (Å²) < 4.78 is 0.405. The summed E-state index contributed by atoms with van der Waals surface area (Å²) in [6, 6.07) is 0. The normalized spacial score (nSPS) is 10.3. The van der Waals surface area contributed by atoms with Gasteiger partial charge in [-0.2, -0.15) is 0 Å². The molecule has 0 saturated heterocycles. The molecule has 1 rings (SSSR count). The zero-order chi connectivity index (χ0) is 9.84. The van der Waals surface area contributed by atoms with Gasteiger partial charge in [0.1, 0.15) is 0 Å². The summed E-state index contributed by atoms with van der Waals surface area (Å²) in [5.74, 6) is 0. The Bertz CT molecular complexity index is 391. The van der Waals surface area contributed by atoms with Crippen molar-refractivity contribution in [2.45, 2.75) is 33.1 Å². The molecule has 1 aromatic heterocycles. The van der Waals surface area contributed by atoms with Crippen molar-refractivity contribution in [1.82, 2.24) is 9.97 Å². The molecule has 0 aromatic carbocycles. The summed E-state index contributed by atoms with van der Waals surface area (Å²) in [6.45, 7) is 3.99. The number of aromatic nitrogens is 2. The molecule has 0 spiro atoms. The van der Waals surface area contributed by atoms with E-state index < -0.39 is 0 Å². The second-order valence-electron chi connectivity index (χ2n) is 3.12. The highest BCUT2D eigenvalue weighted by molar-refractivity contribution is 7.71. The summed E-state index contributed by atoms with van der Waals surface area (Å²) >= 11 is 4.85. The maximum absolute atomic E-state index is 11.4. The predicted octanol–water partition coefficient (Wildman–Crippen LogP) is 2.08. The fraction of sp³-hybridized carbons (Fsp3) is 0.556. The van der Waals surface area contributed by atoms with Gasteiger partial charge in [-0.25, -0.2) is 0 Å².